The van der Waals surface area contributed by atoms with Gasteiger partial charge in [0.05, 0.1) is 5.56 Å². The average molecular weight is 564 g/mol. The number of piperazine rings is 1. The van der Waals surface area contributed by atoms with Crippen LogP contribution in [0.4, 0.5) is 13.2 Å². The van der Waals surface area contributed by atoms with E-state index in [2.05, 4.69) is 29.3 Å². The van der Waals surface area contributed by atoms with Crippen molar-refractivity contribution in [2.45, 2.75) is 63.6 Å². The Hall–Kier alpha value is -2.58. The molecule has 0 aromatic heterocycles. The lowest BCUT2D eigenvalue weighted by Gasteiger charge is -2.34. The number of benzene rings is 2. The molecule has 1 aliphatic heterocycles. The van der Waals surface area contributed by atoms with Crippen molar-refractivity contribution < 1.29 is 22.8 Å². The second-order valence-electron chi connectivity index (χ2n) is 11.3. The molecule has 1 heterocycles. The molecule has 39 heavy (non-hydrogen) atoms. The average Bonchev–Trinajstić information content (AvgIpc) is 3.58. The Balaban J connectivity index is 1.31. The van der Waals surface area contributed by atoms with E-state index in [-0.39, 0.29) is 16.9 Å². The van der Waals surface area contributed by atoms with Gasteiger partial charge in [0.2, 0.25) is 5.91 Å². The minimum Gasteiger partial charge on any atom is -0.340 e. The van der Waals surface area contributed by atoms with Crippen LogP contribution in [-0.2, 0) is 11.0 Å². The van der Waals surface area contributed by atoms with Gasteiger partial charge in [-0.3, -0.25) is 9.59 Å². The predicted molar refractivity (Wildman–Crippen MR) is 147 cm³/mol. The number of hydrogen-bond donors (Lipinski definition) is 1. The zero-order valence-corrected chi connectivity index (χ0v) is 23.3. The zero-order valence-electron chi connectivity index (χ0n) is 22.6. The molecule has 1 unspecified atom stereocenters. The molecule has 4 rings (SSSR count). The predicted octanol–water partition coefficient (Wildman–Crippen LogP) is 6.38. The summed E-state index contributed by atoms with van der Waals surface area (Å²) in [4.78, 5) is 30.2. The van der Waals surface area contributed by atoms with Gasteiger partial charge in [0.1, 0.15) is 6.04 Å². The zero-order chi connectivity index (χ0) is 28.2. The third kappa shape index (κ3) is 7.76. The fourth-order valence-corrected chi connectivity index (χ4v) is 5.64. The van der Waals surface area contributed by atoms with Gasteiger partial charge >= 0.3 is 6.18 Å². The summed E-state index contributed by atoms with van der Waals surface area (Å²) in [6.45, 7) is 5.02. The first-order chi connectivity index (χ1) is 18.5. The highest BCUT2D eigenvalue weighted by Gasteiger charge is 2.49. The number of halogens is 4. The molecule has 2 aromatic rings. The lowest BCUT2D eigenvalue weighted by molar-refractivity contribution is -0.137. The molecule has 1 saturated heterocycles. The fourth-order valence-electron chi connectivity index (χ4n) is 5.51. The van der Waals surface area contributed by atoms with Crippen molar-refractivity contribution in [2.24, 2.45) is 5.41 Å². The van der Waals surface area contributed by atoms with Gasteiger partial charge in [-0.25, -0.2) is 0 Å². The highest BCUT2D eigenvalue weighted by atomic mass is 35.5. The molecule has 1 N–H and O–H groups in total. The van der Waals surface area contributed by atoms with E-state index in [1.54, 1.807) is 4.90 Å². The van der Waals surface area contributed by atoms with Crippen LogP contribution in [0.15, 0.2) is 48.5 Å². The molecular weight excluding hydrogens is 527 g/mol. The maximum Gasteiger partial charge on any atom is 0.416 e. The lowest BCUT2D eigenvalue weighted by Crippen LogP contribution is -2.54. The van der Waals surface area contributed by atoms with Crippen molar-refractivity contribution in [1.82, 2.24) is 15.1 Å². The minimum atomic E-state index is -4.47. The highest BCUT2D eigenvalue weighted by molar-refractivity contribution is 6.30. The van der Waals surface area contributed by atoms with E-state index in [9.17, 15) is 22.8 Å². The summed E-state index contributed by atoms with van der Waals surface area (Å²) >= 11 is 6.02. The normalized spacial score (nSPS) is 22.4. The number of likely N-dealkylation sites (N-methyl/N-ethyl adjacent to an activating group) is 1. The molecule has 3 atom stereocenters. The number of rotatable bonds is 10. The standard InChI is InChI=1S/C30H37ClF3N3O2/c1-29(20-25(29)21-9-13-24(31)14-10-21)15-5-3-4-6-26(28(39)37-18-16-36(2)17-19-37)35-27(38)22-7-11-23(12-8-22)30(32,33)34/h7-14,25-26H,3-6,15-20H2,1-2H3,(H,35,38)/t25-,26-,29?/m0/s1. The van der Waals surface area contributed by atoms with Crippen molar-refractivity contribution in [3.8, 4) is 0 Å². The van der Waals surface area contributed by atoms with Crippen LogP contribution in [0.25, 0.3) is 0 Å². The summed E-state index contributed by atoms with van der Waals surface area (Å²) in [6, 6.07) is 11.5. The van der Waals surface area contributed by atoms with Crippen LogP contribution in [0.5, 0.6) is 0 Å². The van der Waals surface area contributed by atoms with Gasteiger partial charge < -0.3 is 15.1 Å². The molecule has 0 radical (unpaired) electrons. The summed E-state index contributed by atoms with van der Waals surface area (Å²) < 4.78 is 38.7. The molecule has 1 saturated carbocycles. The monoisotopic (exact) mass is 563 g/mol. The first-order valence-corrected chi connectivity index (χ1v) is 14.0. The van der Waals surface area contributed by atoms with Crippen molar-refractivity contribution in [1.29, 1.82) is 0 Å². The second-order valence-corrected chi connectivity index (χ2v) is 11.7. The summed E-state index contributed by atoms with van der Waals surface area (Å²) in [7, 11) is 2.00. The molecule has 0 bridgehead atoms. The van der Waals surface area contributed by atoms with Gasteiger partial charge in [0.25, 0.3) is 5.91 Å². The molecule has 5 nitrogen and oxygen atoms in total. The van der Waals surface area contributed by atoms with Crippen LogP contribution < -0.4 is 5.32 Å². The maximum atomic E-state index is 13.3. The SMILES string of the molecule is CN1CCN(C(=O)[C@H](CCCCCC2(C)C[C@H]2c2ccc(Cl)cc2)NC(=O)c2ccc(C(F)(F)F)cc2)CC1. The van der Waals surface area contributed by atoms with Gasteiger partial charge in [-0.2, -0.15) is 13.2 Å². The topological polar surface area (TPSA) is 52.6 Å². The molecule has 2 amide bonds. The smallest absolute Gasteiger partial charge is 0.340 e. The van der Waals surface area contributed by atoms with Crippen molar-refractivity contribution >= 4 is 23.4 Å². The summed E-state index contributed by atoms with van der Waals surface area (Å²) in [5.74, 6) is -0.114. The van der Waals surface area contributed by atoms with Crippen molar-refractivity contribution in [3.05, 3.63) is 70.2 Å². The molecule has 2 aromatic carbocycles. The van der Waals surface area contributed by atoms with Crippen molar-refractivity contribution in [3.63, 3.8) is 0 Å². The Kier molecular flexibility index (Phi) is 9.27. The molecule has 0 spiro atoms. The van der Waals surface area contributed by atoms with E-state index in [4.69, 9.17) is 11.6 Å². The Labute approximate surface area is 233 Å². The number of unbranched alkanes of at least 4 members (excludes halogenated alkanes) is 2. The number of hydrogen-bond acceptors (Lipinski definition) is 3. The van der Waals surface area contributed by atoms with Crippen LogP contribution in [0.1, 0.15) is 72.9 Å². The van der Waals surface area contributed by atoms with E-state index in [0.29, 0.717) is 25.4 Å². The number of carbonyl (C=O) groups excluding carboxylic acids is 2. The third-order valence-electron chi connectivity index (χ3n) is 8.26. The maximum absolute atomic E-state index is 13.3. The third-order valence-corrected chi connectivity index (χ3v) is 8.51. The summed E-state index contributed by atoms with van der Waals surface area (Å²) in [5.41, 5.74) is 0.895. The van der Waals surface area contributed by atoms with Gasteiger partial charge in [-0.05, 0) is 79.6 Å². The Morgan fingerprint density at radius 1 is 1.00 bits per heavy atom. The highest BCUT2D eigenvalue weighted by Crippen LogP contribution is 2.61. The van der Waals surface area contributed by atoms with Crippen LogP contribution in [0.2, 0.25) is 5.02 Å². The van der Waals surface area contributed by atoms with Crippen LogP contribution in [0.3, 0.4) is 0 Å². The number of alkyl halides is 3. The lowest BCUT2D eigenvalue weighted by atomic mass is 9.94. The second kappa shape index (κ2) is 12.3. The number of nitrogens with one attached hydrogen (secondary N) is 1. The minimum absolute atomic E-state index is 0.106. The molecule has 9 heteroatoms. The van der Waals surface area contributed by atoms with Crippen LogP contribution in [0, 0.1) is 5.41 Å². The molecule has 212 valence electrons. The summed E-state index contributed by atoms with van der Waals surface area (Å²) in [6.07, 6.45) is 1.02. The number of nitrogens with zero attached hydrogens (tertiary/aromatic N) is 2. The number of amides is 2. The Bertz CT molecular complexity index is 1130. The van der Waals surface area contributed by atoms with Crippen LogP contribution >= 0.6 is 11.6 Å². The molecule has 1 aliphatic carbocycles. The Morgan fingerprint density at radius 2 is 1.64 bits per heavy atom. The van der Waals surface area contributed by atoms with Gasteiger partial charge in [-0.15, -0.1) is 0 Å². The van der Waals surface area contributed by atoms with E-state index in [1.165, 1.54) is 5.56 Å². The van der Waals surface area contributed by atoms with E-state index in [0.717, 1.165) is 74.5 Å². The van der Waals surface area contributed by atoms with Gasteiger partial charge in [0.15, 0.2) is 0 Å². The largest absolute Gasteiger partial charge is 0.416 e. The Morgan fingerprint density at radius 3 is 2.26 bits per heavy atom. The molecular formula is C30H37ClF3N3O2. The summed E-state index contributed by atoms with van der Waals surface area (Å²) in [5, 5.41) is 3.56. The molecule has 2 aliphatic rings. The van der Waals surface area contributed by atoms with Gasteiger partial charge in [0, 0.05) is 36.8 Å². The van der Waals surface area contributed by atoms with E-state index >= 15 is 0 Å². The fraction of sp³-hybridized carbons (Fsp3) is 0.533. The van der Waals surface area contributed by atoms with Gasteiger partial charge in [-0.1, -0.05) is 49.9 Å². The quantitative estimate of drug-likeness (QED) is 0.342. The number of carbonyl (C=O) groups is 2. The molecule has 2 fully saturated rings. The first-order valence-electron chi connectivity index (χ1n) is 13.7. The van der Waals surface area contributed by atoms with E-state index in [1.807, 2.05) is 19.2 Å². The first kappa shape index (κ1) is 29.4. The van der Waals surface area contributed by atoms with Crippen LogP contribution in [-0.4, -0.2) is 60.9 Å². The van der Waals surface area contributed by atoms with E-state index < -0.39 is 23.7 Å². The van der Waals surface area contributed by atoms with Crippen molar-refractivity contribution in [2.75, 3.05) is 33.2 Å².